The smallest absolute Gasteiger partial charge is 0.123 e. The van der Waals surface area contributed by atoms with E-state index in [0.29, 0.717) is 6.04 Å². The second-order valence-corrected chi connectivity index (χ2v) is 4.81. The molecule has 1 N–H and O–H groups in total. The predicted octanol–water partition coefficient (Wildman–Crippen LogP) is 2.06. The molecule has 0 aromatic heterocycles. The number of ether oxygens (including phenoxy) is 2. The summed E-state index contributed by atoms with van der Waals surface area (Å²) in [7, 11) is 3.43. The summed E-state index contributed by atoms with van der Waals surface area (Å²) in [4.78, 5) is 2.50. The minimum Gasteiger partial charge on any atom is -0.497 e. The molecule has 1 saturated heterocycles. The molecular formula is C15H24N2O2. The second kappa shape index (κ2) is 6.78. The van der Waals surface area contributed by atoms with Crippen molar-refractivity contribution < 1.29 is 9.47 Å². The molecule has 106 valence electrons. The Labute approximate surface area is 115 Å². The van der Waals surface area contributed by atoms with Crippen LogP contribution >= 0.6 is 0 Å². The number of benzene rings is 1. The third kappa shape index (κ3) is 3.19. The van der Waals surface area contributed by atoms with Crippen molar-refractivity contribution in [1.29, 1.82) is 0 Å². The summed E-state index contributed by atoms with van der Waals surface area (Å²) in [5, 5.41) is 3.51. The van der Waals surface area contributed by atoms with Crippen LogP contribution in [0.3, 0.4) is 0 Å². The molecule has 1 aliphatic rings. The third-order valence-electron chi connectivity index (χ3n) is 3.78. The summed E-state index contributed by atoms with van der Waals surface area (Å²) in [6, 6.07) is 6.38. The number of nitrogens with zero attached hydrogens (tertiary/aromatic N) is 1. The molecule has 0 amide bonds. The molecule has 1 fully saturated rings. The van der Waals surface area contributed by atoms with Gasteiger partial charge in [0, 0.05) is 12.1 Å². The van der Waals surface area contributed by atoms with Crippen molar-refractivity contribution in [2.75, 3.05) is 40.4 Å². The van der Waals surface area contributed by atoms with E-state index in [0.717, 1.165) is 37.7 Å². The van der Waals surface area contributed by atoms with Crippen LogP contribution in [0.4, 0.5) is 0 Å². The van der Waals surface area contributed by atoms with E-state index in [4.69, 9.17) is 9.47 Å². The number of hydrogen-bond donors (Lipinski definition) is 1. The van der Waals surface area contributed by atoms with Gasteiger partial charge in [-0.15, -0.1) is 0 Å². The van der Waals surface area contributed by atoms with Crippen LogP contribution in [-0.2, 0) is 0 Å². The monoisotopic (exact) mass is 264 g/mol. The van der Waals surface area contributed by atoms with Crippen molar-refractivity contribution in [1.82, 2.24) is 10.2 Å². The first-order valence-electron chi connectivity index (χ1n) is 6.96. The number of methoxy groups -OCH3 is 2. The molecule has 0 radical (unpaired) electrons. The average molecular weight is 264 g/mol. The van der Waals surface area contributed by atoms with E-state index in [1.807, 2.05) is 12.1 Å². The largest absolute Gasteiger partial charge is 0.497 e. The molecule has 1 aliphatic heterocycles. The maximum absolute atomic E-state index is 5.52. The van der Waals surface area contributed by atoms with E-state index in [-0.39, 0.29) is 0 Å². The SMILES string of the molecule is CCN1CCCNCC1c1cc(OC)ccc1OC. The van der Waals surface area contributed by atoms with Crippen molar-refractivity contribution in [3.05, 3.63) is 23.8 Å². The first-order chi connectivity index (χ1) is 9.30. The van der Waals surface area contributed by atoms with Gasteiger partial charge in [0.25, 0.3) is 0 Å². The van der Waals surface area contributed by atoms with Gasteiger partial charge in [0.05, 0.1) is 20.3 Å². The standard InChI is InChI=1S/C15H24N2O2/c1-4-17-9-5-8-16-11-14(17)13-10-12(18-2)6-7-15(13)19-3/h6-7,10,14,16H,4-5,8-9,11H2,1-3H3. The van der Waals surface area contributed by atoms with Crippen LogP contribution < -0.4 is 14.8 Å². The lowest BCUT2D eigenvalue weighted by Gasteiger charge is -2.30. The van der Waals surface area contributed by atoms with Crippen LogP contribution in [0, 0.1) is 0 Å². The van der Waals surface area contributed by atoms with Crippen LogP contribution in [0.1, 0.15) is 24.9 Å². The van der Waals surface area contributed by atoms with Gasteiger partial charge in [-0.3, -0.25) is 4.90 Å². The molecule has 0 spiro atoms. The Bertz CT molecular complexity index is 409. The number of hydrogen-bond acceptors (Lipinski definition) is 4. The van der Waals surface area contributed by atoms with Crippen LogP contribution in [0.2, 0.25) is 0 Å². The molecule has 0 bridgehead atoms. The molecule has 1 heterocycles. The molecule has 1 aromatic rings. The lowest BCUT2D eigenvalue weighted by molar-refractivity contribution is 0.217. The number of rotatable bonds is 4. The molecule has 1 unspecified atom stereocenters. The summed E-state index contributed by atoms with van der Waals surface area (Å²) < 4.78 is 10.9. The van der Waals surface area contributed by atoms with Crippen molar-refractivity contribution in [2.45, 2.75) is 19.4 Å². The lowest BCUT2D eigenvalue weighted by Crippen LogP contribution is -2.32. The zero-order valence-electron chi connectivity index (χ0n) is 12.1. The molecule has 0 aliphatic carbocycles. The van der Waals surface area contributed by atoms with E-state index in [9.17, 15) is 0 Å². The fourth-order valence-corrected chi connectivity index (χ4v) is 2.72. The number of nitrogens with one attached hydrogen (secondary N) is 1. The first-order valence-corrected chi connectivity index (χ1v) is 6.96. The molecule has 2 rings (SSSR count). The molecule has 4 nitrogen and oxygen atoms in total. The fraction of sp³-hybridized carbons (Fsp3) is 0.600. The maximum atomic E-state index is 5.52. The summed E-state index contributed by atoms with van der Waals surface area (Å²) in [5.41, 5.74) is 1.21. The Balaban J connectivity index is 2.35. The summed E-state index contributed by atoms with van der Waals surface area (Å²) >= 11 is 0. The molecule has 1 aromatic carbocycles. The van der Waals surface area contributed by atoms with Gasteiger partial charge in [0.1, 0.15) is 11.5 Å². The van der Waals surface area contributed by atoms with E-state index in [2.05, 4.69) is 23.2 Å². The van der Waals surface area contributed by atoms with Crippen molar-refractivity contribution in [2.24, 2.45) is 0 Å². The van der Waals surface area contributed by atoms with Crippen LogP contribution in [0.25, 0.3) is 0 Å². The second-order valence-electron chi connectivity index (χ2n) is 4.81. The van der Waals surface area contributed by atoms with Crippen LogP contribution in [0.5, 0.6) is 11.5 Å². The van der Waals surface area contributed by atoms with Gasteiger partial charge in [-0.2, -0.15) is 0 Å². The van der Waals surface area contributed by atoms with E-state index in [1.54, 1.807) is 14.2 Å². The third-order valence-corrected chi connectivity index (χ3v) is 3.78. The van der Waals surface area contributed by atoms with Crippen molar-refractivity contribution in [3.8, 4) is 11.5 Å². The quantitative estimate of drug-likeness (QED) is 0.902. The average Bonchev–Trinajstić information content (AvgIpc) is 2.71. The minimum atomic E-state index is 0.345. The minimum absolute atomic E-state index is 0.345. The Hall–Kier alpha value is -1.26. The summed E-state index contributed by atoms with van der Waals surface area (Å²) in [6.07, 6.45) is 1.19. The Kier molecular flexibility index (Phi) is 5.05. The lowest BCUT2D eigenvalue weighted by atomic mass is 10.0. The Morgan fingerprint density at radius 2 is 2.16 bits per heavy atom. The van der Waals surface area contributed by atoms with E-state index < -0.39 is 0 Å². The molecular weight excluding hydrogens is 240 g/mol. The Morgan fingerprint density at radius 3 is 2.84 bits per heavy atom. The van der Waals surface area contributed by atoms with Gasteiger partial charge in [0.15, 0.2) is 0 Å². The van der Waals surface area contributed by atoms with Crippen LogP contribution in [0.15, 0.2) is 18.2 Å². The highest BCUT2D eigenvalue weighted by Crippen LogP contribution is 2.33. The van der Waals surface area contributed by atoms with E-state index in [1.165, 1.54) is 12.0 Å². The molecule has 4 heteroatoms. The molecule has 19 heavy (non-hydrogen) atoms. The van der Waals surface area contributed by atoms with Gasteiger partial charge in [-0.1, -0.05) is 6.92 Å². The molecule has 1 atom stereocenters. The number of likely N-dealkylation sites (N-methyl/N-ethyl adjacent to an activating group) is 1. The maximum Gasteiger partial charge on any atom is 0.123 e. The van der Waals surface area contributed by atoms with E-state index >= 15 is 0 Å². The normalized spacial score (nSPS) is 20.9. The van der Waals surface area contributed by atoms with Gasteiger partial charge in [-0.05, 0) is 44.3 Å². The zero-order chi connectivity index (χ0) is 13.7. The first kappa shape index (κ1) is 14.2. The summed E-state index contributed by atoms with van der Waals surface area (Å²) in [5.74, 6) is 1.82. The highest BCUT2D eigenvalue weighted by Gasteiger charge is 2.24. The highest BCUT2D eigenvalue weighted by molar-refractivity contribution is 5.42. The highest BCUT2D eigenvalue weighted by atomic mass is 16.5. The van der Waals surface area contributed by atoms with Gasteiger partial charge in [-0.25, -0.2) is 0 Å². The molecule has 0 saturated carbocycles. The van der Waals surface area contributed by atoms with Gasteiger partial charge in [0.2, 0.25) is 0 Å². The predicted molar refractivity (Wildman–Crippen MR) is 77.0 cm³/mol. The fourth-order valence-electron chi connectivity index (χ4n) is 2.72. The van der Waals surface area contributed by atoms with Crippen molar-refractivity contribution in [3.63, 3.8) is 0 Å². The van der Waals surface area contributed by atoms with Gasteiger partial charge >= 0.3 is 0 Å². The summed E-state index contributed by atoms with van der Waals surface area (Å²) in [6.45, 7) is 6.42. The van der Waals surface area contributed by atoms with Gasteiger partial charge < -0.3 is 14.8 Å². The van der Waals surface area contributed by atoms with Crippen molar-refractivity contribution >= 4 is 0 Å². The Morgan fingerprint density at radius 1 is 1.32 bits per heavy atom. The topological polar surface area (TPSA) is 33.7 Å². The van der Waals surface area contributed by atoms with Crippen LogP contribution in [-0.4, -0.2) is 45.3 Å². The zero-order valence-corrected chi connectivity index (χ0v) is 12.1.